The first-order chi connectivity index (χ1) is 8.93. The van der Waals surface area contributed by atoms with Crippen LogP contribution >= 0.6 is 15.9 Å². The van der Waals surface area contributed by atoms with Gasteiger partial charge in [0.2, 0.25) is 0 Å². The largest absolute Gasteiger partial charge is 0.469 e. The number of carbonyl (C=O) groups is 2. The highest BCUT2D eigenvalue weighted by atomic mass is 79.9. The molecular weight excluding hydrogens is 317 g/mol. The predicted molar refractivity (Wildman–Crippen MR) is 72.3 cm³/mol. The maximum absolute atomic E-state index is 13.2. The number of rotatable bonds is 5. The maximum Gasteiger partial charge on any atom is 0.305 e. The number of benzene rings is 1. The molecular formula is C13H15BrFNO3. The third kappa shape index (κ3) is 4.98. The van der Waals surface area contributed by atoms with E-state index in [0.29, 0.717) is 17.4 Å². The van der Waals surface area contributed by atoms with Crippen LogP contribution in [0.25, 0.3) is 0 Å². The molecule has 0 aromatic heterocycles. The highest BCUT2D eigenvalue weighted by Crippen LogP contribution is 2.16. The first-order valence-corrected chi connectivity index (χ1v) is 6.51. The van der Waals surface area contributed by atoms with Crippen LogP contribution < -0.4 is 0 Å². The summed E-state index contributed by atoms with van der Waals surface area (Å²) in [5.41, 5.74) is 0.271. The Morgan fingerprint density at radius 3 is 2.63 bits per heavy atom. The molecule has 0 heterocycles. The molecule has 0 bridgehead atoms. The molecule has 0 atom stereocenters. The van der Waals surface area contributed by atoms with Gasteiger partial charge < -0.3 is 9.64 Å². The van der Waals surface area contributed by atoms with E-state index >= 15 is 0 Å². The van der Waals surface area contributed by atoms with Crippen LogP contribution in [0.4, 0.5) is 4.39 Å². The molecule has 4 nitrogen and oxygen atoms in total. The van der Waals surface area contributed by atoms with E-state index in [1.165, 1.54) is 24.1 Å². The van der Waals surface area contributed by atoms with Crippen molar-refractivity contribution in [3.05, 3.63) is 34.1 Å². The summed E-state index contributed by atoms with van der Waals surface area (Å²) < 4.78 is 18.2. The number of methoxy groups -OCH3 is 1. The standard InChI is InChI=1S/C13H15BrFNO3/c1-16(5-3-4-12(17)19-2)13(18)9-6-10(14)8-11(15)7-9/h6-8H,3-5H2,1-2H3. The first-order valence-electron chi connectivity index (χ1n) is 5.72. The monoisotopic (exact) mass is 331 g/mol. The molecule has 104 valence electrons. The number of amides is 1. The van der Waals surface area contributed by atoms with E-state index in [0.717, 1.165) is 0 Å². The second-order valence-corrected chi connectivity index (χ2v) is 4.98. The van der Waals surface area contributed by atoms with Crippen molar-refractivity contribution < 1.29 is 18.7 Å². The smallest absolute Gasteiger partial charge is 0.305 e. The fourth-order valence-corrected chi connectivity index (χ4v) is 2.03. The van der Waals surface area contributed by atoms with Gasteiger partial charge >= 0.3 is 5.97 Å². The van der Waals surface area contributed by atoms with Gasteiger partial charge in [-0.2, -0.15) is 0 Å². The molecule has 0 N–H and O–H groups in total. The van der Waals surface area contributed by atoms with Crippen LogP contribution in [0.1, 0.15) is 23.2 Å². The third-order valence-electron chi connectivity index (χ3n) is 2.56. The van der Waals surface area contributed by atoms with Crippen molar-refractivity contribution in [2.45, 2.75) is 12.8 Å². The zero-order chi connectivity index (χ0) is 14.4. The number of nitrogens with zero attached hydrogens (tertiary/aromatic N) is 1. The lowest BCUT2D eigenvalue weighted by molar-refractivity contribution is -0.140. The van der Waals surface area contributed by atoms with Crippen LogP contribution in [0.5, 0.6) is 0 Å². The Morgan fingerprint density at radius 1 is 1.37 bits per heavy atom. The molecule has 0 unspecified atom stereocenters. The minimum absolute atomic E-state index is 0.251. The second kappa shape index (κ2) is 7.23. The highest BCUT2D eigenvalue weighted by Gasteiger charge is 2.13. The summed E-state index contributed by atoms with van der Waals surface area (Å²) >= 11 is 3.14. The Bertz CT molecular complexity index is 459. The van der Waals surface area contributed by atoms with Crippen molar-refractivity contribution >= 4 is 27.8 Å². The summed E-state index contributed by atoms with van der Waals surface area (Å²) in [5.74, 6) is -1.07. The third-order valence-corrected chi connectivity index (χ3v) is 3.02. The average molecular weight is 332 g/mol. The Labute approximate surface area is 119 Å². The molecule has 19 heavy (non-hydrogen) atoms. The Kier molecular flexibility index (Phi) is 5.95. The van der Waals surface area contributed by atoms with Gasteiger partial charge in [0.25, 0.3) is 5.91 Å². The number of carbonyl (C=O) groups excluding carboxylic acids is 2. The Balaban J connectivity index is 2.59. The van der Waals surface area contributed by atoms with E-state index in [1.54, 1.807) is 13.1 Å². The van der Waals surface area contributed by atoms with E-state index in [2.05, 4.69) is 20.7 Å². The molecule has 1 amide bonds. The van der Waals surface area contributed by atoms with Gasteiger partial charge in [-0.1, -0.05) is 15.9 Å². The van der Waals surface area contributed by atoms with Gasteiger partial charge in [0.05, 0.1) is 7.11 Å². The lowest BCUT2D eigenvalue weighted by atomic mass is 10.2. The quantitative estimate of drug-likeness (QED) is 0.779. The molecule has 0 saturated heterocycles. The zero-order valence-corrected chi connectivity index (χ0v) is 12.4. The fourth-order valence-electron chi connectivity index (χ4n) is 1.56. The molecule has 0 fully saturated rings. The van der Waals surface area contributed by atoms with Gasteiger partial charge in [0.15, 0.2) is 0 Å². The topological polar surface area (TPSA) is 46.6 Å². The molecule has 0 aliphatic heterocycles. The van der Waals surface area contributed by atoms with Gasteiger partial charge in [-0.05, 0) is 24.6 Å². The van der Waals surface area contributed by atoms with Crippen molar-refractivity contribution in [2.24, 2.45) is 0 Å². The molecule has 6 heteroatoms. The van der Waals surface area contributed by atoms with Crippen molar-refractivity contribution in [1.29, 1.82) is 0 Å². The van der Waals surface area contributed by atoms with Crippen LogP contribution in [0, 0.1) is 5.82 Å². The van der Waals surface area contributed by atoms with Gasteiger partial charge in [0.1, 0.15) is 5.82 Å². The molecule has 1 aromatic carbocycles. The van der Waals surface area contributed by atoms with Crippen molar-refractivity contribution in [2.75, 3.05) is 20.7 Å². The number of halogens is 2. The van der Waals surface area contributed by atoms with Gasteiger partial charge in [-0.25, -0.2) is 4.39 Å². The summed E-state index contributed by atoms with van der Waals surface area (Å²) in [5, 5.41) is 0. The van der Waals surface area contributed by atoms with Crippen molar-refractivity contribution in [3.8, 4) is 0 Å². The van der Waals surface area contributed by atoms with Gasteiger partial charge in [0, 0.05) is 30.0 Å². The molecule has 0 saturated carbocycles. The highest BCUT2D eigenvalue weighted by molar-refractivity contribution is 9.10. The average Bonchev–Trinajstić information content (AvgIpc) is 2.36. The summed E-state index contributed by atoms with van der Waals surface area (Å²) in [6.45, 7) is 0.405. The molecule has 1 rings (SSSR count). The number of hydrogen-bond acceptors (Lipinski definition) is 3. The lowest BCUT2D eigenvalue weighted by Crippen LogP contribution is -2.28. The van der Waals surface area contributed by atoms with E-state index in [4.69, 9.17) is 0 Å². The van der Waals surface area contributed by atoms with Crippen LogP contribution in [-0.2, 0) is 9.53 Å². The molecule has 0 aliphatic carbocycles. The van der Waals surface area contributed by atoms with Gasteiger partial charge in [-0.15, -0.1) is 0 Å². The van der Waals surface area contributed by atoms with Crippen LogP contribution in [0.3, 0.4) is 0 Å². The second-order valence-electron chi connectivity index (χ2n) is 4.06. The molecule has 0 spiro atoms. The van der Waals surface area contributed by atoms with E-state index in [-0.39, 0.29) is 23.9 Å². The Morgan fingerprint density at radius 2 is 2.05 bits per heavy atom. The lowest BCUT2D eigenvalue weighted by Gasteiger charge is -2.17. The van der Waals surface area contributed by atoms with Crippen LogP contribution in [-0.4, -0.2) is 37.5 Å². The molecule has 1 aromatic rings. The first kappa shape index (κ1) is 15.6. The van der Waals surface area contributed by atoms with E-state index in [1.807, 2.05) is 0 Å². The number of esters is 1. The number of hydrogen-bond donors (Lipinski definition) is 0. The van der Waals surface area contributed by atoms with E-state index in [9.17, 15) is 14.0 Å². The fraction of sp³-hybridized carbons (Fsp3) is 0.385. The van der Waals surface area contributed by atoms with E-state index < -0.39 is 5.82 Å². The molecule has 0 radical (unpaired) electrons. The predicted octanol–water partition coefficient (Wildman–Crippen LogP) is 2.61. The summed E-state index contributed by atoms with van der Waals surface area (Å²) in [6.07, 6.45) is 0.756. The van der Waals surface area contributed by atoms with Crippen molar-refractivity contribution in [3.63, 3.8) is 0 Å². The summed E-state index contributed by atoms with van der Waals surface area (Å²) in [7, 11) is 2.93. The maximum atomic E-state index is 13.2. The number of ether oxygens (including phenoxy) is 1. The summed E-state index contributed by atoms with van der Waals surface area (Å²) in [4.78, 5) is 24.4. The molecule has 0 aliphatic rings. The van der Waals surface area contributed by atoms with Crippen molar-refractivity contribution in [1.82, 2.24) is 4.90 Å². The van der Waals surface area contributed by atoms with Gasteiger partial charge in [-0.3, -0.25) is 9.59 Å². The minimum atomic E-state index is -0.472. The minimum Gasteiger partial charge on any atom is -0.469 e. The Hall–Kier alpha value is -1.43. The summed E-state index contributed by atoms with van der Waals surface area (Å²) in [6, 6.07) is 4.03. The normalized spacial score (nSPS) is 10.1. The SMILES string of the molecule is COC(=O)CCCN(C)C(=O)c1cc(F)cc(Br)c1. The van der Waals surface area contributed by atoms with Crippen LogP contribution in [0.2, 0.25) is 0 Å². The van der Waals surface area contributed by atoms with Crippen LogP contribution in [0.15, 0.2) is 22.7 Å². The zero-order valence-electron chi connectivity index (χ0n) is 10.8.